The Bertz CT molecular complexity index is 703. The first kappa shape index (κ1) is 15.9. The molecule has 2 rings (SSSR count). The predicted molar refractivity (Wildman–Crippen MR) is 82.3 cm³/mol. The Morgan fingerprint density at radius 3 is 2.68 bits per heavy atom. The normalized spacial score (nSPS) is 12.4. The molecule has 7 heteroatoms. The number of carbonyl (C=O) groups excluding carboxylic acids is 1. The van der Waals surface area contributed by atoms with Gasteiger partial charge in [-0.25, -0.2) is 9.67 Å². The van der Waals surface area contributed by atoms with Gasteiger partial charge in [0.25, 0.3) is 5.56 Å². The van der Waals surface area contributed by atoms with Crippen molar-refractivity contribution in [3.05, 3.63) is 45.9 Å². The molecule has 0 aliphatic heterocycles. The van der Waals surface area contributed by atoms with Crippen LogP contribution in [0.25, 0.3) is 0 Å². The van der Waals surface area contributed by atoms with Crippen molar-refractivity contribution in [3.63, 3.8) is 0 Å². The van der Waals surface area contributed by atoms with Crippen LogP contribution in [0.2, 0.25) is 0 Å². The summed E-state index contributed by atoms with van der Waals surface area (Å²) in [6, 6.07) is 1.44. The standard InChI is InChI=1S/C15H21N5O2/c1-9(2)13(20-8-16-7-18-20)15(22)17-6-12-10(3)5-11(4)19-14(12)21/h5,7-9,13H,6H2,1-4H3,(H,17,22)(H,19,21)/t13-/m0/s1. The van der Waals surface area contributed by atoms with E-state index in [0.29, 0.717) is 5.56 Å². The molecular weight excluding hydrogens is 282 g/mol. The summed E-state index contributed by atoms with van der Waals surface area (Å²) >= 11 is 0. The van der Waals surface area contributed by atoms with Gasteiger partial charge >= 0.3 is 0 Å². The van der Waals surface area contributed by atoms with Crippen molar-refractivity contribution < 1.29 is 4.79 Å². The highest BCUT2D eigenvalue weighted by Gasteiger charge is 2.24. The van der Waals surface area contributed by atoms with Gasteiger partial charge in [-0.3, -0.25) is 9.59 Å². The number of aromatic amines is 1. The number of aryl methyl sites for hydroxylation is 2. The third-order valence-electron chi connectivity index (χ3n) is 3.55. The van der Waals surface area contributed by atoms with E-state index < -0.39 is 6.04 Å². The minimum Gasteiger partial charge on any atom is -0.350 e. The number of nitrogens with one attached hydrogen (secondary N) is 2. The van der Waals surface area contributed by atoms with Crippen LogP contribution < -0.4 is 10.9 Å². The van der Waals surface area contributed by atoms with Gasteiger partial charge < -0.3 is 10.3 Å². The minimum atomic E-state index is -0.452. The first-order valence-corrected chi connectivity index (χ1v) is 7.21. The molecule has 2 N–H and O–H groups in total. The quantitative estimate of drug-likeness (QED) is 0.865. The van der Waals surface area contributed by atoms with Crippen LogP contribution >= 0.6 is 0 Å². The molecule has 0 saturated heterocycles. The number of hydrogen-bond acceptors (Lipinski definition) is 4. The van der Waals surface area contributed by atoms with Gasteiger partial charge in [-0.2, -0.15) is 5.10 Å². The number of rotatable bonds is 5. The van der Waals surface area contributed by atoms with E-state index in [1.165, 1.54) is 17.3 Å². The summed E-state index contributed by atoms with van der Waals surface area (Å²) in [6.45, 7) is 7.77. The average molecular weight is 303 g/mol. The number of pyridine rings is 1. The monoisotopic (exact) mass is 303 g/mol. The average Bonchev–Trinajstić information content (AvgIpc) is 2.90. The predicted octanol–water partition coefficient (Wildman–Crippen LogP) is 1.10. The molecule has 0 saturated carbocycles. The summed E-state index contributed by atoms with van der Waals surface area (Å²) < 4.78 is 1.53. The third-order valence-corrected chi connectivity index (χ3v) is 3.55. The topological polar surface area (TPSA) is 92.7 Å². The molecule has 0 radical (unpaired) electrons. The number of hydrogen-bond donors (Lipinski definition) is 2. The number of aromatic nitrogens is 4. The van der Waals surface area contributed by atoms with Crippen molar-refractivity contribution in [3.8, 4) is 0 Å². The molecule has 0 unspecified atom stereocenters. The maximum Gasteiger partial charge on any atom is 0.253 e. The second kappa shape index (κ2) is 6.55. The third kappa shape index (κ3) is 3.41. The smallest absolute Gasteiger partial charge is 0.253 e. The van der Waals surface area contributed by atoms with Gasteiger partial charge in [0.05, 0.1) is 0 Å². The number of amides is 1. The minimum absolute atomic E-state index is 0.0547. The molecule has 0 aliphatic carbocycles. The second-order valence-electron chi connectivity index (χ2n) is 5.73. The molecule has 1 atom stereocenters. The zero-order valence-electron chi connectivity index (χ0n) is 13.3. The molecule has 0 bridgehead atoms. The van der Waals surface area contributed by atoms with Crippen molar-refractivity contribution in [1.82, 2.24) is 25.1 Å². The molecule has 0 aliphatic rings. The molecule has 2 aromatic rings. The zero-order chi connectivity index (χ0) is 16.3. The highest BCUT2D eigenvalue weighted by molar-refractivity contribution is 5.80. The molecule has 0 spiro atoms. The largest absolute Gasteiger partial charge is 0.350 e. The van der Waals surface area contributed by atoms with Gasteiger partial charge in [0, 0.05) is 17.8 Å². The number of nitrogens with zero attached hydrogens (tertiary/aromatic N) is 3. The van der Waals surface area contributed by atoms with Gasteiger partial charge in [-0.05, 0) is 31.4 Å². The van der Waals surface area contributed by atoms with E-state index in [2.05, 4.69) is 20.4 Å². The van der Waals surface area contributed by atoms with Crippen molar-refractivity contribution in [2.45, 2.75) is 40.3 Å². The van der Waals surface area contributed by atoms with Crippen LogP contribution in [0.5, 0.6) is 0 Å². The highest BCUT2D eigenvalue weighted by atomic mass is 16.2. The molecule has 7 nitrogen and oxygen atoms in total. The highest BCUT2D eigenvalue weighted by Crippen LogP contribution is 2.16. The number of H-pyrrole nitrogens is 1. The Morgan fingerprint density at radius 1 is 1.41 bits per heavy atom. The van der Waals surface area contributed by atoms with Crippen molar-refractivity contribution >= 4 is 5.91 Å². The Morgan fingerprint density at radius 2 is 2.14 bits per heavy atom. The first-order chi connectivity index (χ1) is 10.4. The fraction of sp³-hybridized carbons (Fsp3) is 0.467. The van der Waals surface area contributed by atoms with Crippen LogP contribution in [0.3, 0.4) is 0 Å². The Kier molecular flexibility index (Phi) is 4.75. The van der Waals surface area contributed by atoms with Gasteiger partial charge in [0.15, 0.2) is 0 Å². The van der Waals surface area contributed by atoms with Crippen molar-refractivity contribution in [2.24, 2.45) is 5.92 Å². The fourth-order valence-electron chi connectivity index (χ4n) is 2.47. The van der Waals surface area contributed by atoms with E-state index in [1.807, 2.05) is 33.8 Å². The Balaban J connectivity index is 2.14. The molecular formula is C15H21N5O2. The number of carbonyl (C=O) groups is 1. The summed E-state index contributed by atoms with van der Waals surface area (Å²) in [6.07, 6.45) is 2.92. The van der Waals surface area contributed by atoms with E-state index in [9.17, 15) is 9.59 Å². The summed E-state index contributed by atoms with van der Waals surface area (Å²) in [5.74, 6) is -0.126. The van der Waals surface area contributed by atoms with E-state index in [1.54, 1.807) is 0 Å². The van der Waals surface area contributed by atoms with E-state index in [4.69, 9.17) is 0 Å². The molecule has 0 fully saturated rings. The maximum absolute atomic E-state index is 12.4. The fourth-order valence-corrected chi connectivity index (χ4v) is 2.47. The van der Waals surface area contributed by atoms with Crippen LogP contribution in [0.4, 0.5) is 0 Å². The summed E-state index contributed by atoms with van der Waals surface area (Å²) in [7, 11) is 0. The molecule has 118 valence electrons. The molecule has 2 aromatic heterocycles. The molecule has 2 heterocycles. The van der Waals surface area contributed by atoms with E-state index in [0.717, 1.165) is 11.3 Å². The molecule has 1 amide bonds. The van der Waals surface area contributed by atoms with Crippen LogP contribution in [-0.2, 0) is 11.3 Å². The first-order valence-electron chi connectivity index (χ1n) is 7.21. The summed E-state index contributed by atoms with van der Waals surface area (Å²) in [5.41, 5.74) is 2.07. The Hall–Kier alpha value is -2.44. The van der Waals surface area contributed by atoms with Crippen molar-refractivity contribution in [2.75, 3.05) is 0 Å². The molecule has 0 aromatic carbocycles. The van der Waals surface area contributed by atoms with E-state index >= 15 is 0 Å². The van der Waals surface area contributed by atoms with Gasteiger partial charge in [-0.1, -0.05) is 13.8 Å². The van der Waals surface area contributed by atoms with Crippen LogP contribution in [-0.4, -0.2) is 25.7 Å². The lowest BCUT2D eigenvalue weighted by Crippen LogP contribution is -2.36. The zero-order valence-corrected chi connectivity index (χ0v) is 13.3. The van der Waals surface area contributed by atoms with Gasteiger partial charge in [0.2, 0.25) is 5.91 Å². The summed E-state index contributed by atoms with van der Waals surface area (Å²) in [4.78, 5) is 31.0. The van der Waals surface area contributed by atoms with Gasteiger partial charge in [0.1, 0.15) is 18.7 Å². The SMILES string of the molecule is Cc1cc(C)c(CNC(=O)[C@H](C(C)C)n2cncn2)c(=O)[nH]1. The van der Waals surface area contributed by atoms with E-state index in [-0.39, 0.29) is 23.9 Å². The summed E-state index contributed by atoms with van der Waals surface area (Å²) in [5, 5.41) is 6.86. The lowest BCUT2D eigenvalue weighted by atomic mass is 10.0. The van der Waals surface area contributed by atoms with Crippen LogP contribution in [0.15, 0.2) is 23.5 Å². The van der Waals surface area contributed by atoms with Crippen LogP contribution in [0.1, 0.15) is 36.7 Å². The maximum atomic E-state index is 12.4. The second-order valence-corrected chi connectivity index (χ2v) is 5.73. The lowest BCUT2D eigenvalue weighted by molar-refractivity contribution is -0.126. The Labute approximate surface area is 128 Å². The lowest BCUT2D eigenvalue weighted by Gasteiger charge is -2.20. The van der Waals surface area contributed by atoms with Crippen LogP contribution in [0, 0.1) is 19.8 Å². The van der Waals surface area contributed by atoms with Crippen molar-refractivity contribution in [1.29, 1.82) is 0 Å². The van der Waals surface area contributed by atoms with Gasteiger partial charge in [-0.15, -0.1) is 0 Å². The molecule has 22 heavy (non-hydrogen) atoms.